The molecular formula is C11H10Cl2O3S. The van der Waals surface area contributed by atoms with Crippen molar-refractivity contribution in [2.24, 2.45) is 11.8 Å². The second kappa shape index (κ2) is 4.96. The number of carbonyl (C=O) groups excluding carboxylic acids is 1. The number of rotatable bonds is 3. The Kier molecular flexibility index (Phi) is 3.76. The van der Waals surface area contributed by atoms with E-state index in [0.717, 1.165) is 11.3 Å². The van der Waals surface area contributed by atoms with Crippen molar-refractivity contribution >= 4 is 46.3 Å². The Morgan fingerprint density at radius 1 is 1.29 bits per heavy atom. The predicted molar refractivity (Wildman–Crippen MR) is 67.1 cm³/mol. The van der Waals surface area contributed by atoms with Gasteiger partial charge in [0.25, 0.3) is 0 Å². The van der Waals surface area contributed by atoms with Crippen LogP contribution in [0.15, 0.2) is 6.07 Å². The Bertz CT molecular complexity index is 469. The lowest BCUT2D eigenvalue weighted by molar-refractivity contribution is -0.141. The van der Waals surface area contributed by atoms with Crippen molar-refractivity contribution in [3.05, 3.63) is 20.3 Å². The maximum Gasteiger partial charge on any atom is 0.306 e. The number of carbonyl (C=O) groups is 2. The van der Waals surface area contributed by atoms with E-state index >= 15 is 0 Å². The zero-order chi connectivity index (χ0) is 12.6. The number of thiophene rings is 1. The minimum Gasteiger partial charge on any atom is -0.481 e. The van der Waals surface area contributed by atoms with Gasteiger partial charge in [-0.15, -0.1) is 11.3 Å². The Morgan fingerprint density at radius 3 is 2.41 bits per heavy atom. The molecule has 0 bridgehead atoms. The van der Waals surface area contributed by atoms with Gasteiger partial charge in [0.05, 0.1) is 10.3 Å². The molecule has 1 aliphatic carbocycles. The van der Waals surface area contributed by atoms with E-state index in [-0.39, 0.29) is 11.7 Å². The number of halogens is 2. The average molecular weight is 293 g/mol. The van der Waals surface area contributed by atoms with E-state index in [1.54, 1.807) is 6.07 Å². The minimum absolute atomic E-state index is 0.0816. The molecule has 2 rings (SSSR count). The third-order valence-corrected chi connectivity index (χ3v) is 4.56. The number of Topliss-reactive ketones (excluding diaryl/α,β-unsaturated/α-hetero) is 1. The molecule has 0 aliphatic heterocycles. The summed E-state index contributed by atoms with van der Waals surface area (Å²) in [6.45, 7) is 0. The third-order valence-electron chi connectivity index (χ3n) is 3.07. The maximum absolute atomic E-state index is 12.1. The summed E-state index contributed by atoms with van der Waals surface area (Å²) < 4.78 is 0.866. The Balaban J connectivity index is 2.12. The molecule has 1 aliphatic rings. The second-order valence-electron chi connectivity index (χ2n) is 4.15. The normalized spacial score (nSPS) is 23.9. The first-order valence-corrected chi connectivity index (χ1v) is 6.78. The molecule has 6 heteroatoms. The summed E-state index contributed by atoms with van der Waals surface area (Å²) >= 11 is 12.9. The van der Waals surface area contributed by atoms with Gasteiger partial charge >= 0.3 is 5.97 Å². The zero-order valence-electron chi connectivity index (χ0n) is 8.78. The van der Waals surface area contributed by atoms with Gasteiger partial charge in [0.1, 0.15) is 4.34 Å². The largest absolute Gasteiger partial charge is 0.481 e. The van der Waals surface area contributed by atoms with Crippen LogP contribution < -0.4 is 0 Å². The van der Waals surface area contributed by atoms with Crippen molar-refractivity contribution in [1.29, 1.82) is 0 Å². The number of carboxylic acid groups (broad SMARTS) is 1. The molecule has 1 heterocycles. The summed E-state index contributed by atoms with van der Waals surface area (Å²) in [6, 6.07) is 1.56. The highest BCUT2D eigenvalue weighted by Gasteiger charge is 2.35. The molecule has 1 aromatic heterocycles. The van der Waals surface area contributed by atoms with E-state index in [0.29, 0.717) is 33.5 Å². The summed E-state index contributed by atoms with van der Waals surface area (Å²) in [5, 5.41) is 8.89. The quantitative estimate of drug-likeness (QED) is 0.864. The Labute approximate surface area is 112 Å². The summed E-state index contributed by atoms with van der Waals surface area (Å²) in [6.07, 6.45) is 1.57. The first kappa shape index (κ1) is 12.9. The topological polar surface area (TPSA) is 54.4 Å². The Hall–Kier alpha value is -0.580. The number of aliphatic carboxylic acids is 1. The molecule has 3 nitrogen and oxygen atoms in total. The van der Waals surface area contributed by atoms with Crippen molar-refractivity contribution in [1.82, 2.24) is 0 Å². The Morgan fingerprint density at radius 2 is 1.94 bits per heavy atom. The van der Waals surface area contributed by atoms with E-state index in [4.69, 9.17) is 28.3 Å². The van der Waals surface area contributed by atoms with E-state index in [9.17, 15) is 9.59 Å². The van der Waals surface area contributed by atoms with E-state index in [1.165, 1.54) is 0 Å². The molecule has 1 fully saturated rings. The molecule has 0 amide bonds. The van der Waals surface area contributed by atoms with Gasteiger partial charge < -0.3 is 5.11 Å². The zero-order valence-corrected chi connectivity index (χ0v) is 11.1. The smallest absolute Gasteiger partial charge is 0.306 e. The summed E-state index contributed by atoms with van der Waals surface area (Å²) in [7, 11) is 0. The molecule has 1 aromatic rings. The maximum atomic E-state index is 12.1. The van der Waals surface area contributed by atoms with Crippen LogP contribution in [-0.2, 0) is 4.79 Å². The van der Waals surface area contributed by atoms with Crippen LogP contribution in [-0.4, -0.2) is 16.9 Å². The van der Waals surface area contributed by atoms with Crippen LogP contribution >= 0.6 is 34.5 Å². The first-order valence-electron chi connectivity index (χ1n) is 5.21. The molecule has 1 saturated carbocycles. The average Bonchev–Trinajstić information content (AvgIpc) is 2.84. The highest BCUT2D eigenvalue weighted by atomic mass is 35.5. The van der Waals surface area contributed by atoms with Crippen molar-refractivity contribution < 1.29 is 14.7 Å². The highest BCUT2D eigenvalue weighted by Crippen LogP contribution is 2.38. The predicted octanol–water partition coefficient (Wildman–Crippen LogP) is 3.74. The van der Waals surface area contributed by atoms with Gasteiger partial charge in [-0.2, -0.15) is 0 Å². The molecular weight excluding hydrogens is 283 g/mol. The van der Waals surface area contributed by atoms with Crippen LogP contribution in [0.3, 0.4) is 0 Å². The third kappa shape index (κ3) is 2.64. The molecule has 92 valence electrons. The highest BCUT2D eigenvalue weighted by molar-refractivity contribution is 7.20. The van der Waals surface area contributed by atoms with Crippen LogP contribution in [0.1, 0.15) is 29.6 Å². The molecule has 2 unspecified atom stereocenters. The van der Waals surface area contributed by atoms with Crippen LogP contribution in [0.4, 0.5) is 0 Å². The molecule has 0 spiro atoms. The number of carboxylic acids is 1. The monoisotopic (exact) mass is 292 g/mol. The van der Waals surface area contributed by atoms with Crippen molar-refractivity contribution in [2.75, 3.05) is 0 Å². The fraction of sp³-hybridized carbons (Fsp3) is 0.455. The molecule has 1 N–H and O–H groups in total. The van der Waals surface area contributed by atoms with Crippen LogP contribution in [0.2, 0.25) is 8.67 Å². The number of ketones is 1. The summed E-state index contributed by atoms with van der Waals surface area (Å²) in [5.74, 6) is -1.55. The van der Waals surface area contributed by atoms with Crippen LogP contribution in [0.5, 0.6) is 0 Å². The van der Waals surface area contributed by atoms with Crippen molar-refractivity contribution in [3.63, 3.8) is 0 Å². The number of hydrogen-bond donors (Lipinski definition) is 1. The molecule has 2 atom stereocenters. The molecule has 17 heavy (non-hydrogen) atoms. The molecule has 0 aromatic carbocycles. The molecule has 0 radical (unpaired) electrons. The van der Waals surface area contributed by atoms with E-state index in [1.807, 2.05) is 0 Å². The van der Waals surface area contributed by atoms with E-state index < -0.39 is 11.9 Å². The number of hydrogen-bond acceptors (Lipinski definition) is 3. The lowest BCUT2D eigenvalue weighted by Crippen LogP contribution is -2.14. The lowest BCUT2D eigenvalue weighted by Gasteiger charge is -2.07. The summed E-state index contributed by atoms with van der Waals surface area (Å²) in [5.41, 5.74) is 0.428. The summed E-state index contributed by atoms with van der Waals surface area (Å²) in [4.78, 5) is 22.9. The van der Waals surface area contributed by atoms with E-state index in [2.05, 4.69) is 0 Å². The van der Waals surface area contributed by atoms with Gasteiger partial charge in [0.15, 0.2) is 5.78 Å². The van der Waals surface area contributed by atoms with Gasteiger partial charge in [-0.3, -0.25) is 9.59 Å². The van der Waals surface area contributed by atoms with Crippen LogP contribution in [0, 0.1) is 11.8 Å². The lowest BCUT2D eigenvalue weighted by atomic mass is 9.97. The van der Waals surface area contributed by atoms with Gasteiger partial charge in [-0.1, -0.05) is 23.2 Å². The van der Waals surface area contributed by atoms with Gasteiger partial charge in [-0.25, -0.2) is 0 Å². The molecule has 0 saturated heterocycles. The van der Waals surface area contributed by atoms with Crippen molar-refractivity contribution in [3.8, 4) is 0 Å². The first-order chi connectivity index (χ1) is 7.99. The van der Waals surface area contributed by atoms with Gasteiger partial charge in [0.2, 0.25) is 0 Å². The fourth-order valence-electron chi connectivity index (χ4n) is 2.17. The minimum atomic E-state index is -0.824. The van der Waals surface area contributed by atoms with Crippen LogP contribution in [0.25, 0.3) is 0 Å². The van der Waals surface area contributed by atoms with Crippen molar-refractivity contribution in [2.45, 2.75) is 19.3 Å². The second-order valence-corrected chi connectivity index (χ2v) is 6.43. The van der Waals surface area contributed by atoms with Gasteiger partial charge in [-0.05, 0) is 25.3 Å². The fourth-order valence-corrected chi connectivity index (χ4v) is 3.65. The van der Waals surface area contributed by atoms with Gasteiger partial charge in [0, 0.05) is 11.5 Å². The SMILES string of the molecule is O=C(O)C1CCC(C(=O)c2cc(Cl)sc2Cl)C1. The standard InChI is InChI=1S/C11H10Cl2O3S/c12-8-4-7(10(13)17-8)9(14)5-1-2-6(3-5)11(15)16/h4-6H,1-3H2,(H,15,16).